The third-order valence-corrected chi connectivity index (χ3v) is 35.9. The van der Waals surface area contributed by atoms with Crippen molar-refractivity contribution in [3.05, 3.63) is 161 Å². The van der Waals surface area contributed by atoms with Crippen LogP contribution >= 0.6 is 56.5 Å². The quantitative estimate of drug-likeness (QED) is 0.0113. The molecular weight excluding hydrogens is 2000 g/mol. The largest absolute Gasteiger partial charge is 0.414 e. The molecule has 0 bridgehead atoms. The molecule has 5 aromatic rings. The van der Waals surface area contributed by atoms with Crippen LogP contribution in [-0.4, -0.2) is 222 Å². The molecule has 0 radical (unpaired) electrons. The fourth-order valence-corrected chi connectivity index (χ4v) is 18.8. The number of H-pyrrole nitrogens is 5. The SMILES string of the molecule is C#CCC#Cc1cn([C@H]2C[C@@H](O)[C@@H](CO)O2)c(=O)[nH]c1=O.C#CCC#Cc1cn([C@H]2C[C@@H](O)[C@@H](COP(P)P)O2)c(=O)[nH]c1=O.CC(C)(C)[Si](C)(C)OC[C@H]1O[C@@H](n2cc(C#CCC#C[Si](C)(C)C)c(=O)[nH]c2=O)C[C@H]1O[Si](C)(C)C(C)(C)C.O=c1[nH]c(=O)n([C@H]2C[C@@H](O)[C@@H](CO)O2)cc1I.[2H]C[C@H]1O[C@@H](n2cc(C#CCC#C)c(=O)[nH]c2=O)C[C@H]1OP(OCCC#N)N(C(C)C)C(C)C.[3H]OC. The zero-order chi connectivity index (χ0) is 104. The van der Waals surface area contributed by atoms with E-state index in [4.69, 9.17) is 83.7 Å². The Kier molecular flexibility index (Phi) is 46.5. The number of nitrogens with zero attached hydrogens (tertiary/aromatic N) is 7. The van der Waals surface area contributed by atoms with Gasteiger partial charge in [0.05, 0.1) is 119 Å². The van der Waals surface area contributed by atoms with Crippen molar-refractivity contribution in [1.82, 2.24) is 52.4 Å². The number of nitriles is 1. The van der Waals surface area contributed by atoms with Gasteiger partial charge in [0.15, 0.2) is 16.6 Å². The topological polar surface area (TPSA) is 515 Å². The maximum absolute atomic E-state index is 12.9. The van der Waals surface area contributed by atoms with E-state index in [1.54, 1.807) is 22.6 Å². The van der Waals surface area contributed by atoms with Crippen LogP contribution < -0.4 is 56.2 Å². The number of halogens is 1. The third kappa shape index (κ3) is 35.5. The lowest BCUT2D eigenvalue weighted by molar-refractivity contribution is -0.0459. The molecule has 5 aliphatic heterocycles. The van der Waals surface area contributed by atoms with Crippen molar-refractivity contribution in [2.75, 3.05) is 40.1 Å². The van der Waals surface area contributed by atoms with E-state index < -0.39 is 177 Å². The Bertz CT molecular complexity index is 6090. The lowest BCUT2D eigenvalue weighted by Gasteiger charge is -2.40. The Morgan fingerprint density at radius 1 is 0.544 bits per heavy atom. The molecule has 136 heavy (non-hydrogen) atoms. The molecule has 742 valence electrons. The number of aromatic nitrogens is 10. The van der Waals surface area contributed by atoms with Crippen LogP contribution in [0.15, 0.2) is 78.9 Å². The second-order valence-corrected chi connectivity index (χ2v) is 58.5. The fourth-order valence-electron chi connectivity index (χ4n) is 12.8. The van der Waals surface area contributed by atoms with Crippen LogP contribution in [0, 0.1) is 111 Å². The van der Waals surface area contributed by atoms with E-state index in [2.05, 4.69) is 223 Å². The van der Waals surface area contributed by atoms with E-state index in [0.29, 0.717) is 23.0 Å². The minimum absolute atomic E-state index is 0.0197. The van der Waals surface area contributed by atoms with E-state index >= 15 is 0 Å². The molecular formula is C90H127IN12O26P4Si3. The average Bonchev–Trinajstić information content (AvgIpc) is 1.63. The highest BCUT2D eigenvalue weighted by Crippen LogP contribution is 2.54. The summed E-state index contributed by atoms with van der Waals surface area (Å²) < 4.78 is 82.2. The van der Waals surface area contributed by atoms with Gasteiger partial charge in [0.25, 0.3) is 36.3 Å². The van der Waals surface area contributed by atoms with Crippen molar-refractivity contribution in [3.8, 4) is 102 Å². The first-order valence-electron chi connectivity index (χ1n) is 44.3. The molecule has 5 aliphatic rings. The van der Waals surface area contributed by atoms with E-state index in [-0.39, 0.29) is 141 Å². The van der Waals surface area contributed by atoms with Gasteiger partial charge in [0, 0.05) is 83.7 Å². The summed E-state index contributed by atoms with van der Waals surface area (Å²) in [6, 6.07) is 2.30. The molecule has 10 rings (SSSR count). The van der Waals surface area contributed by atoms with Gasteiger partial charge >= 0.3 is 28.4 Å². The molecule has 10 heterocycles. The normalized spacial score (nSPS) is 22.6. The van der Waals surface area contributed by atoms with Gasteiger partial charge in [0.1, 0.15) is 85.9 Å². The maximum Gasteiger partial charge on any atom is 0.330 e. The average molecular weight is 2130 g/mol. The first-order chi connectivity index (χ1) is 64.7. The van der Waals surface area contributed by atoms with Crippen LogP contribution in [0.1, 0.15) is 195 Å². The van der Waals surface area contributed by atoms with E-state index in [1.807, 2.05) is 27.7 Å². The van der Waals surface area contributed by atoms with Crippen LogP contribution in [-0.2, 0) is 46.1 Å². The summed E-state index contributed by atoms with van der Waals surface area (Å²) in [4.78, 5) is 131. The van der Waals surface area contributed by atoms with Crippen LogP contribution in [0.3, 0.4) is 0 Å². The van der Waals surface area contributed by atoms with Gasteiger partial charge in [-0.25, -0.2) is 28.6 Å². The molecule has 5 fully saturated rings. The van der Waals surface area contributed by atoms with Gasteiger partial charge in [-0.05, 0) is 93.5 Å². The maximum atomic E-state index is 12.9. The third-order valence-electron chi connectivity index (χ3n) is 21.7. The number of aliphatic hydroxyl groups is 6. The molecule has 3 unspecified atom stereocenters. The van der Waals surface area contributed by atoms with E-state index in [0.717, 1.165) is 4.57 Å². The Hall–Kier alpha value is -8.21. The highest BCUT2D eigenvalue weighted by atomic mass is 127. The monoisotopic (exact) mass is 2130 g/mol. The molecule has 0 amide bonds. The number of hydrogen-bond donors (Lipinski definition) is 11. The summed E-state index contributed by atoms with van der Waals surface area (Å²) in [6.45, 7) is 36.8. The van der Waals surface area contributed by atoms with Gasteiger partial charge < -0.3 is 76.7 Å². The van der Waals surface area contributed by atoms with Crippen molar-refractivity contribution < 1.29 is 78.1 Å². The van der Waals surface area contributed by atoms with Gasteiger partial charge in [-0.1, -0.05) is 150 Å². The second-order valence-electron chi connectivity index (χ2n) is 35.8. The molecule has 11 N–H and O–H groups in total. The van der Waals surface area contributed by atoms with Crippen LogP contribution in [0.4, 0.5) is 0 Å². The summed E-state index contributed by atoms with van der Waals surface area (Å²) >= 11 is 1.80. The first-order valence-corrected chi connectivity index (χ1v) is 59.2. The van der Waals surface area contributed by atoms with Crippen LogP contribution in [0.25, 0.3) is 0 Å². The number of ether oxygens (including phenoxy) is 5. The Labute approximate surface area is 816 Å². The van der Waals surface area contributed by atoms with E-state index in [9.17, 15) is 63.3 Å². The molecule has 0 aromatic carbocycles. The molecule has 46 heteroatoms. The molecule has 5 aromatic heterocycles. The zero-order valence-electron chi connectivity index (χ0n) is 81.6. The predicted molar refractivity (Wildman–Crippen MR) is 539 cm³/mol. The van der Waals surface area contributed by atoms with Crippen molar-refractivity contribution >= 4 is 81.2 Å². The molecule has 0 saturated carbocycles. The van der Waals surface area contributed by atoms with E-state index in [1.165, 1.54) is 56.4 Å². The predicted octanol–water partition coefficient (Wildman–Crippen LogP) is 6.23. The lowest BCUT2D eigenvalue weighted by Crippen LogP contribution is -2.48. The highest BCUT2D eigenvalue weighted by Gasteiger charge is 2.48. The fraction of sp³-hybridized carbons (Fsp3) is 0.589. The van der Waals surface area contributed by atoms with Crippen LogP contribution in [0.2, 0.25) is 55.9 Å². The van der Waals surface area contributed by atoms with Crippen molar-refractivity contribution in [3.63, 3.8) is 0 Å². The highest BCUT2D eigenvalue weighted by molar-refractivity contribution is 14.1. The summed E-state index contributed by atoms with van der Waals surface area (Å²) in [7, 11) is -1.60. The van der Waals surface area contributed by atoms with Crippen molar-refractivity contribution in [2.24, 2.45) is 0 Å². The summed E-state index contributed by atoms with van der Waals surface area (Å²) in [5.41, 5.74) is -2.04. The number of nitrogens with one attached hydrogen (secondary N) is 5. The van der Waals surface area contributed by atoms with Gasteiger partial charge in [-0.3, -0.25) is 71.7 Å². The molecule has 38 nitrogen and oxygen atoms in total. The van der Waals surface area contributed by atoms with Gasteiger partial charge in [-0.15, -0.1) is 24.8 Å². The number of hydrogen-bond acceptors (Lipinski definition) is 28. The van der Waals surface area contributed by atoms with Gasteiger partial charge in [0.2, 0.25) is 1.43 Å². The first kappa shape index (κ1) is 115. The zero-order valence-corrected chi connectivity index (χ0v) is 88.9. The number of aromatic amines is 5. The molecule has 5 saturated heterocycles. The second kappa shape index (κ2) is 55.1. The lowest BCUT2D eigenvalue weighted by atomic mass is 10.2. The van der Waals surface area contributed by atoms with Crippen LogP contribution in [0.5, 0.6) is 0 Å². The number of aliphatic hydroxyl groups excluding tert-OH is 6. The number of rotatable bonds is 23. The Balaban J connectivity index is 0.000000310. The smallest absolute Gasteiger partial charge is 0.330 e. The minimum atomic E-state index is -2.13. The summed E-state index contributed by atoms with van der Waals surface area (Å²) in [5.74, 6) is 31.8. The number of terminal acetylenes is 3. The standard InChI is InChI=1S/C29H50N2O5Si3.C23H31N4O5P.C14H17N2O5P3.C14H14N2O5.C9H11IN2O5.CH4O/c1-28(2,3)38(10,11)34-21-24-23(36-39(12,13)29(4,5)6)19-25(35-24)31-20-22(26(32)30-27(31)33)17-15-14-16-18-37(7,8)9;1-7-8-9-11-19-15-26(23(29)25-22(19)28)21-14-20(18(6)31-21)32-33(30-13-10-12-24)27(16(2)3)17(4)5;1-2-3-4-5-9-7-16(14(19)15-13(9)18)12-6-10(17)11(21-12)8-20-24(22)23;1-2-3-4-5-9-7-16(14(20)15-13(9)19)12-6-10(18)11(8-17)21-12;10-4-2-12(9(16)11-8(4)15)7-1-5(14)6(3-13)17-7;1-2/h20,23-25H,14,19,21H2,1-13H3,(H,30,32,33);1,15-18,20-21H,8,10,13-14H2,2-6H3,(H,25,28,29);1,7,10-12,17H,3,6,8,22-23H2,(H,15,18,19);1,7,10-12,17-18H,3,6,8H2,(H,15,19,20);2,5-7,13-14H,1,3H2,(H,11,15,16);2H,1H3/t23-,24-,25-;18-,20-,21-,33?;2*10-,11-,12-;5-,6-,7-;/m11111./s1/i;6D;;;;2T. The minimum Gasteiger partial charge on any atom is -0.414 e. The van der Waals surface area contributed by atoms with Crippen molar-refractivity contribution in [1.29, 1.82) is 6.69 Å². The van der Waals surface area contributed by atoms with Crippen molar-refractivity contribution in [2.45, 2.75) is 301 Å². The summed E-state index contributed by atoms with van der Waals surface area (Å²) in [5, 5.41) is 59.8. The Morgan fingerprint density at radius 2 is 0.897 bits per heavy atom. The summed E-state index contributed by atoms with van der Waals surface area (Å²) in [6.07, 6.45) is 15.0. The molecule has 0 spiro atoms. The van der Waals surface area contributed by atoms with Gasteiger partial charge in [-0.2, -0.15) is 5.26 Å². The molecule has 18 atom stereocenters. The molecule has 0 aliphatic carbocycles. The Morgan fingerprint density at radius 3 is 1.25 bits per heavy atom.